The molecule has 0 aliphatic rings. The number of ether oxygens (including phenoxy) is 1. The van der Waals surface area contributed by atoms with Gasteiger partial charge in [0.2, 0.25) is 0 Å². The molecule has 0 atom stereocenters. The molecule has 0 fully saturated rings. The van der Waals surface area contributed by atoms with Crippen molar-refractivity contribution in [2.45, 2.75) is 12.8 Å². The number of carbonyl (C=O) groups is 1. The fourth-order valence-electron chi connectivity index (χ4n) is 0.755. The van der Waals surface area contributed by atoms with Crippen molar-refractivity contribution >= 4 is 13.6 Å². The van der Waals surface area contributed by atoms with Gasteiger partial charge in [0.15, 0.2) is 0 Å². The van der Waals surface area contributed by atoms with Crippen LogP contribution in [0.15, 0.2) is 0 Å². The predicted octanol–water partition coefficient (Wildman–Crippen LogP) is -0.973. The van der Waals surface area contributed by atoms with Crippen molar-refractivity contribution in [2.24, 2.45) is 0 Å². The maximum absolute atomic E-state index is 10.9. The van der Waals surface area contributed by atoms with Gasteiger partial charge in [-0.15, -0.1) is 0 Å². The number of aliphatic hydroxyl groups excluding tert-OH is 1. The van der Waals surface area contributed by atoms with Gasteiger partial charge < -0.3 is 19.6 Å². The van der Waals surface area contributed by atoms with E-state index in [2.05, 4.69) is 5.32 Å². The van der Waals surface area contributed by atoms with Crippen LogP contribution in [0.4, 0.5) is 0 Å². The Morgan fingerprint density at radius 1 is 1.33 bits per heavy atom. The quantitative estimate of drug-likeness (QED) is 0.245. The van der Waals surface area contributed by atoms with Gasteiger partial charge in [0.05, 0.1) is 19.4 Å². The summed E-state index contributed by atoms with van der Waals surface area (Å²) in [5, 5.41) is 10.7. The summed E-state index contributed by atoms with van der Waals surface area (Å²) in [4.78, 5) is 27.8. The Kier molecular flexibility index (Phi) is 7.54. The van der Waals surface area contributed by atoms with Crippen LogP contribution in [0.2, 0.25) is 0 Å². The average molecular weight is 241 g/mol. The molecule has 0 aromatic rings. The highest BCUT2D eigenvalue weighted by Crippen LogP contribution is 2.31. The molecule has 0 saturated carbocycles. The molecule has 0 bridgehead atoms. The summed E-state index contributed by atoms with van der Waals surface area (Å²) in [6, 6.07) is 0. The number of carbonyl (C=O) groups excluding carboxylic acids is 1. The lowest BCUT2D eigenvalue weighted by Crippen LogP contribution is -2.25. The maximum Gasteiger partial charge on any atom is 0.339 e. The second-order valence-electron chi connectivity index (χ2n) is 2.90. The summed E-state index contributed by atoms with van der Waals surface area (Å²) in [5.74, 6) is -0.568. The zero-order chi connectivity index (χ0) is 11.7. The Morgan fingerprint density at radius 3 is 2.53 bits per heavy atom. The second-order valence-corrected chi connectivity index (χ2v) is 4.55. The van der Waals surface area contributed by atoms with Crippen molar-refractivity contribution in [3.63, 3.8) is 0 Å². The number of hydrogen-bond donors (Lipinski definition) is 4. The molecule has 7 nitrogen and oxygen atoms in total. The maximum atomic E-state index is 10.9. The molecule has 4 N–H and O–H groups in total. The second kappa shape index (κ2) is 7.78. The average Bonchev–Trinajstić information content (AvgIpc) is 2.10. The first-order valence-electron chi connectivity index (χ1n) is 4.47. The van der Waals surface area contributed by atoms with Crippen LogP contribution < -0.4 is 5.32 Å². The van der Waals surface area contributed by atoms with E-state index in [9.17, 15) is 9.36 Å². The summed E-state index contributed by atoms with van der Waals surface area (Å²) in [7, 11) is -4.11. The predicted molar refractivity (Wildman–Crippen MR) is 52.2 cm³/mol. The Bertz CT molecular complexity index is 228. The summed E-state index contributed by atoms with van der Waals surface area (Å²) < 4.78 is 15.1. The SMILES string of the molecule is O=C(CNCP(=O)(O)O)OCCCCO. The minimum Gasteiger partial charge on any atom is -0.465 e. The van der Waals surface area contributed by atoms with Gasteiger partial charge in [0.25, 0.3) is 0 Å². The highest BCUT2D eigenvalue weighted by Gasteiger charge is 2.12. The summed E-state index contributed by atoms with van der Waals surface area (Å²) in [6.45, 7) is 0.0230. The van der Waals surface area contributed by atoms with Crippen molar-refractivity contribution in [3.05, 3.63) is 0 Å². The van der Waals surface area contributed by atoms with E-state index in [1.165, 1.54) is 0 Å². The van der Waals surface area contributed by atoms with Crippen molar-refractivity contribution < 1.29 is 29.0 Å². The first-order chi connectivity index (χ1) is 6.95. The largest absolute Gasteiger partial charge is 0.465 e. The number of aliphatic hydroxyl groups is 1. The molecule has 0 rings (SSSR count). The molecule has 0 amide bonds. The van der Waals surface area contributed by atoms with E-state index in [1.54, 1.807) is 0 Å². The van der Waals surface area contributed by atoms with Crippen molar-refractivity contribution in [3.8, 4) is 0 Å². The third kappa shape index (κ3) is 11.5. The van der Waals surface area contributed by atoms with Crippen LogP contribution >= 0.6 is 7.60 Å². The van der Waals surface area contributed by atoms with Crippen LogP contribution in [0.1, 0.15) is 12.8 Å². The monoisotopic (exact) mass is 241 g/mol. The Balaban J connectivity index is 3.38. The standard InChI is InChI=1S/C7H16NO6P/c9-3-1-2-4-14-7(10)5-8-6-15(11,12)13/h8-9H,1-6H2,(H2,11,12,13). The molecular formula is C7H16NO6P. The number of unbranched alkanes of at least 4 members (excludes halogenated alkanes) is 1. The van der Waals surface area contributed by atoms with Gasteiger partial charge in [-0.3, -0.25) is 14.7 Å². The fourth-order valence-corrected chi connectivity index (χ4v) is 1.16. The minimum atomic E-state index is -4.11. The van der Waals surface area contributed by atoms with Crippen LogP contribution in [-0.2, 0) is 14.1 Å². The number of hydrogen-bond acceptors (Lipinski definition) is 5. The molecule has 0 spiro atoms. The molecule has 15 heavy (non-hydrogen) atoms. The lowest BCUT2D eigenvalue weighted by molar-refractivity contribution is -0.142. The van der Waals surface area contributed by atoms with E-state index >= 15 is 0 Å². The highest BCUT2D eigenvalue weighted by molar-refractivity contribution is 7.51. The Hall–Kier alpha value is -0.460. The zero-order valence-electron chi connectivity index (χ0n) is 8.26. The summed E-state index contributed by atoms with van der Waals surface area (Å²) in [6.07, 6.45) is 0.586. The smallest absolute Gasteiger partial charge is 0.339 e. The summed E-state index contributed by atoms with van der Waals surface area (Å²) >= 11 is 0. The highest BCUT2D eigenvalue weighted by atomic mass is 31.2. The van der Waals surface area contributed by atoms with Gasteiger partial charge in [0.1, 0.15) is 0 Å². The van der Waals surface area contributed by atoms with Gasteiger partial charge in [-0.1, -0.05) is 0 Å². The van der Waals surface area contributed by atoms with Gasteiger partial charge in [-0.25, -0.2) is 0 Å². The number of rotatable bonds is 8. The Labute approximate surface area is 87.6 Å². The molecule has 0 aliphatic heterocycles. The van der Waals surface area contributed by atoms with Gasteiger partial charge >= 0.3 is 13.6 Å². The third-order valence-electron chi connectivity index (χ3n) is 1.40. The van der Waals surface area contributed by atoms with E-state index in [-0.39, 0.29) is 19.8 Å². The Morgan fingerprint density at radius 2 is 2.00 bits per heavy atom. The topological polar surface area (TPSA) is 116 Å². The molecular weight excluding hydrogens is 225 g/mol. The van der Waals surface area contributed by atoms with Crippen LogP contribution in [0.3, 0.4) is 0 Å². The molecule has 0 unspecified atom stereocenters. The minimum absolute atomic E-state index is 0.0496. The van der Waals surface area contributed by atoms with Crippen molar-refractivity contribution in [2.75, 3.05) is 26.0 Å². The van der Waals surface area contributed by atoms with Crippen LogP contribution in [0.5, 0.6) is 0 Å². The normalized spacial score (nSPS) is 11.4. The lowest BCUT2D eigenvalue weighted by atomic mass is 10.3. The van der Waals surface area contributed by atoms with Gasteiger partial charge in [-0.05, 0) is 12.8 Å². The van der Waals surface area contributed by atoms with E-state index in [4.69, 9.17) is 19.6 Å². The molecule has 0 aromatic carbocycles. The molecule has 0 aliphatic carbocycles. The van der Waals surface area contributed by atoms with Gasteiger partial charge in [-0.2, -0.15) is 0 Å². The van der Waals surface area contributed by atoms with E-state index < -0.39 is 19.9 Å². The molecule has 0 heterocycles. The van der Waals surface area contributed by atoms with E-state index in [1.807, 2.05) is 0 Å². The lowest BCUT2D eigenvalue weighted by Gasteiger charge is -2.06. The zero-order valence-corrected chi connectivity index (χ0v) is 9.15. The summed E-state index contributed by atoms with van der Waals surface area (Å²) in [5.41, 5.74) is 0. The molecule has 0 aromatic heterocycles. The molecule has 8 heteroatoms. The fraction of sp³-hybridized carbons (Fsp3) is 0.857. The van der Waals surface area contributed by atoms with E-state index in [0.29, 0.717) is 12.8 Å². The van der Waals surface area contributed by atoms with Gasteiger partial charge in [0, 0.05) is 6.61 Å². The first kappa shape index (κ1) is 14.5. The molecule has 0 radical (unpaired) electrons. The number of esters is 1. The van der Waals surface area contributed by atoms with Crippen LogP contribution in [0, 0.1) is 0 Å². The molecule has 90 valence electrons. The molecule has 0 saturated heterocycles. The number of nitrogens with one attached hydrogen (secondary N) is 1. The van der Waals surface area contributed by atoms with Crippen molar-refractivity contribution in [1.29, 1.82) is 0 Å². The van der Waals surface area contributed by atoms with Crippen LogP contribution in [0.25, 0.3) is 0 Å². The third-order valence-corrected chi connectivity index (χ3v) is 2.04. The first-order valence-corrected chi connectivity index (χ1v) is 6.27. The van der Waals surface area contributed by atoms with Crippen molar-refractivity contribution in [1.82, 2.24) is 5.32 Å². The van der Waals surface area contributed by atoms with Crippen LogP contribution in [-0.4, -0.2) is 46.9 Å². The van der Waals surface area contributed by atoms with E-state index in [0.717, 1.165) is 0 Å².